The lowest BCUT2D eigenvalue weighted by Crippen LogP contribution is -2.36. The average Bonchev–Trinajstić information content (AvgIpc) is 2.83. The SMILES string of the molecule is CCC(NC(=O)CC1(O)CCCC1)c1ccncc1. The molecule has 2 N–H and O–H groups in total. The number of carbonyl (C=O) groups excluding carboxylic acids is 1. The van der Waals surface area contributed by atoms with Crippen molar-refractivity contribution in [2.24, 2.45) is 0 Å². The maximum Gasteiger partial charge on any atom is 0.223 e. The molecule has 4 nitrogen and oxygen atoms in total. The van der Waals surface area contributed by atoms with Crippen molar-refractivity contribution in [3.63, 3.8) is 0 Å². The molecule has 1 amide bonds. The molecule has 0 radical (unpaired) electrons. The van der Waals surface area contributed by atoms with Crippen LogP contribution in [0.25, 0.3) is 0 Å². The maximum absolute atomic E-state index is 12.1. The minimum atomic E-state index is -0.777. The standard InChI is InChI=1S/C15H22N2O2/c1-2-13(12-5-9-16-10-6-12)17-14(18)11-15(19)7-3-4-8-15/h5-6,9-10,13,19H,2-4,7-8,11H2,1H3,(H,17,18). The van der Waals surface area contributed by atoms with Crippen molar-refractivity contribution in [3.8, 4) is 0 Å². The summed E-state index contributed by atoms with van der Waals surface area (Å²) in [6, 6.07) is 3.83. The molecule has 2 rings (SSSR count). The van der Waals surface area contributed by atoms with Gasteiger partial charge in [-0.15, -0.1) is 0 Å². The maximum atomic E-state index is 12.1. The molecule has 1 aromatic rings. The van der Waals surface area contributed by atoms with Crippen LogP contribution in [-0.2, 0) is 4.79 Å². The van der Waals surface area contributed by atoms with Gasteiger partial charge in [-0.1, -0.05) is 19.8 Å². The van der Waals surface area contributed by atoms with Crippen LogP contribution < -0.4 is 5.32 Å². The zero-order valence-electron chi connectivity index (χ0n) is 11.4. The van der Waals surface area contributed by atoms with Gasteiger partial charge in [-0.2, -0.15) is 0 Å². The molecule has 0 spiro atoms. The van der Waals surface area contributed by atoms with Crippen LogP contribution in [0.1, 0.15) is 57.1 Å². The summed E-state index contributed by atoms with van der Waals surface area (Å²) in [5, 5.41) is 13.3. The number of carbonyl (C=O) groups is 1. The first-order valence-electron chi connectivity index (χ1n) is 7.05. The monoisotopic (exact) mass is 262 g/mol. The highest BCUT2D eigenvalue weighted by atomic mass is 16.3. The zero-order chi connectivity index (χ0) is 13.7. The van der Waals surface area contributed by atoms with Crippen molar-refractivity contribution in [1.29, 1.82) is 0 Å². The third kappa shape index (κ3) is 3.77. The molecule has 4 heteroatoms. The van der Waals surface area contributed by atoms with Crippen LogP contribution in [0.4, 0.5) is 0 Å². The number of hydrogen-bond acceptors (Lipinski definition) is 3. The normalized spacial score (nSPS) is 19.1. The van der Waals surface area contributed by atoms with Crippen LogP contribution >= 0.6 is 0 Å². The van der Waals surface area contributed by atoms with E-state index in [-0.39, 0.29) is 18.4 Å². The van der Waals surface area contributed by atoms with Gasteiger partial charge in [0.05, 0.1) is 18.1 Å². The summed E-state index contributed by atoms with van der Waals surface area (Å²) in [6.45, 7) is 2.04. The highest BCUT2D eigenvalue weighted by molar-refractivity contribution is 5.77. The Hall–Kier alpha value is -1.42. The number of nitrogens with zero attached hydrogens (tertiary/aromatic N) is 1. The first-order chi connectivity index (χ1) is 9.13. The fraction of sp³-hybridized carbons (Fsp3) is 0.600. The van der Waals surface area contributed by atoms with E-state index in [4.69, 9.17) is 0 Å². The van der Waals surface area contributed by atoms with Crippen LogP contribution in [0.2, 0.25) is 0 Å². The lowest BCUT2D eigenvalue weighted by atomic mass is 9.97. The van der Waals surface area contributed by atoms with E-state index in [0.717, 1.165) is 37.7 Å². The first-order valence-corrected chi connectivity index (χ1v) is 7.05. The summed E-state index contributed by atoms with van der Waals surface area (Å²) >= 11 is 0. The van der Waals surface area contributed by atoms with E-state index in [1.165, 1.54) is 0 Å². The van der Waals surface area contributed by atoms with Crippen molar-refractivity contribution in [2.75, 3.05) is 0 Å². The topological polar surface area (TPSA) is 62.2 Å². The van der Waals surface area contributed by atoms with Gasteiger partial charge in [0.15, 0.2) is 0 Å². The Morgan fingerprint density at radius 2 is 2.05 bits per heavy atom. The Balaban J connectivity index is 1.93. The summed E-state index contributed by atoms with van der Waals surface area (Å²) in [7, 11) is 0. The molecule has 0 bridgehead atoms. The molecule has 104 valence electrons. The Bertz CT molecular complexity index is 413. The summed E-state index contributed by atoms with van der Waals surface area (Å²) in [5.74, 6) is -0.0620. The first kappa shape index (κ1) is 14.0. The average molecular weight is 262 g/mol. The minimum Gasteiger partial charge on any atom is -0.389 e. The molecule has 1 heterocycles. The largest absolute Gasteiger partial charge is 0.389 e. The van der Waals surface area contributed by atoms with Crippen molar-refractivity contribution >= 4 is 5.91 Å². The van der Waals surface area contributed by atoms with Crippen LogP contribution in [0, 0.1) is 0 Å². The number of amides is 1. The quantitative estimate of drug-likeness (QED) is 0.856. The van der Waals surface area contributed by atoms with E-state index in [1.807, 2.05) is 19.1 Å². The molecule has 1 unspecified atom stereocenters. The third-order valence-corrected chi connectivity index (χ3v) is 3.88. The van der Waals surface area contributed by atoms with Crippen molar-refractivity contribution < 1.29 is 9.90 Å². The van der Waals surface area contributed by atoms with E-state index >= 15 is 0 Å². The van der Waals surface area contributed by atoms with Crippen molar-refractivity contribution in [3.05, 3.63) is 30.1 Å². The van der Waals surface area contributed by atoms with Gasteiger partial charge in [-0.05, 0) is 37.0 Å². The summed E-state index contributed by atoms with van der Waals surface area (Å²) in [4.78, 5) is 16.0. The fourth-order valence-electron chi connectivity index (χ4n) is 2.77. The summed E-state index contributed by atoms with van der Waals surface area (Å²) < 4.78 is 0. The second-order valence-corrected chi connectivity index (χ2v) is 5.42. The number of nitrogens with one attached hydrogen (secondary N) is 1. The number of rotatable bonds is 5. The highest BCUT2D eigenvalue weighted by Crippen LogP contribution is 2.32. The molecule has 1 saturated carbocycles. The van der Waals surface area contributed by atoms with E-state index in [2.05, 4.69) is 10.3 Å². The van der Waals surface area contributed by atoms with E-state index in [9.17, 15) is 9.90 Å². The molecule has 1 atom stereocenters. The molecule has 19 heavy (non-hydrogen) atoms. The third-order valence-electron chi connectivity index (χ3n) is 3.88. The molecule has 1 aliphatic rings. The van der Waals surface area contributed by atoms with Gasteiger partial charge in [0.2, 0.25) is 5.91 Å². The molecule has 0 aliphatic heterocycles. The summed E-state index contributed by atoms with van der Waals surface area (Å²) in [6.07, 6.45) is 8.03. The minimum absolute atomic E-state index is 0.000466. The van der Waals surface area contributed by atoms with E-state index in [1.54, 1.807) is 12.4 Å². The van der Waals surface area contributed by atoms with Gasteiger partial charge in [-0.3, -0.25) is 9.78 Å². The molecule has 0 aromatic carbocycles. The molecule has 1 aliphatic carbocycles. The van der Waals surface area contributed by atoms with Gasteiger partial charge in [0.1, 0.15) is 0 Å². The Labute approximate surface area is 114 Å². The Kier molecular flexibility index (Phi) is 4.53. The number of pyridine rings is 1. The predicted octanol–water partition coefficient (Wildman–Crippen LogP) is 2.34. The van der Waals surface area contributed by atoms with Gasteiger partial charge in [0, 0.05) is 12.4 Å². The molecule has 1 fully saturated rings. The number of aromatic nitrogens is 1. The van der Waals surface area contributed by atoms with Crippen molar-refractivity contribution in [2.45, 2.75) is 57.1 Å². The van der Waals surface area contributed by atoms with Gasteiger partial charge in [0.25, 0.3) is 0 Å². The Morgan fingerprint density at radius 3 is 2.63 bits per heavy atom. The number of aliphatic hydroxyl groups is 1. The van der Waals surface area contributed by atoms with Gasteiger partial charge >= 0.3 is 0 Å². The predicted molar refractivity (Wildman–Crippen MR) is 73.4 cm³/mol. The smallest absolute Gasteiger partial charge is 0.223 e. The highest BCUT2D eigenvalue weighted by Gasteiger charge is 2.33. The lowest BCUT2D eigenvalue weighted by molar-refractivity contribution is -0.126. The van der Waals surface area contributed by atoms with Crippen LogP contribution in [0.15, 0.2) is 24.5 Å². The second kappa shape index (κ2) is 6.15. The Morgan fingerprint density at radius 1 is 1.42 bits per heavy atom. The summed E-state index contributed by atoms with van der Waals surface area (Å²) in [5.41, 5.74) is 0.282. The van der Waals surface area contributed by atoms with Gasteiger partial charge in [-0.25, -0.2) is 0 Å². The van der Waals surface area contributed by atoms with Crippen LogP contribution in [-0.4, -0.2) is 21.6 Å². The molecular formula is C15H22N2O2. The number of hydrogen-bond donors (Lipinski definition) is 2. The van der Waals surface area contributed by atoms with E-state index in [0.29, 0.717) is 0 Å². The zero-order valence-corrected chi connectivity index (χ0v) is 11.4. The second-order valence-electron chi connectivity index (χ2n) is 5.42. The molecule has 1 aromatic heterocycles. The van der Waals surface area contributed by atoms with Crippen LogP contribution in [0.3, 0.4) is 0 Å². The lowest BCUT2D eigenvalue weighted by Gasteiger charge is -2.24. The van der Waals surface area contributed by atoms with E-state index < -0.39 is 5.60 Å². The van der Waals surface area contributed by atoms with Crippen molar-refractivity contribution in [1.82, 2.24) is 10.3 Å². The van der Waals surface area contributed by atoms with Crippen LogP contribution in [0.5, 0.6) is 0 Å². The van der Waals surface area contributed by atoms with Gasteiger partial charge < -0.3 is 10.4 Å². The molecule has 0 saturated heterocycles. The molecular weight excluding hydrogens is 240 g/mol. The fourth-order valence-corrected chi connectivity index (χ4v) is 2.77.